The third-order valence-corrected chi connectivity index (χ3v) is 16.6. The number of fused-ring (bicyclic) bond motifs is 7. The largest absolute Gasteiger partial charge is 0.334 e. The monoisotopic (exact) mass is 838 g/mol. The van der Waals surface area contributed by atoms with Crippen molar-refractivity contribution in [3.8, 4) is 11.4 Å². The van der Waals surface area contributed by atoms with Gasteiger partial charge in [-0.15, -0.1) is 11.8 Å². The van der Waals surface area contributed by atoms with Crippen LogP contribution in [0.25, 0.3) is 28.1 Å². The zero-order valence-electron chi connectivity index (χ0n) is 36.0. The molecule has 8 aliphatic rings. The zero-order valence-corrected chi connectivity index (χ0v) is 36.8. The molecular formula is C58H54N4S. The van der Waals surface area contributed by atoms with Gasteiger partial charge in [-0.25, -0.2) is 15.0 Å². The van der Waals surface area contributed by atoms with E-state index in [0.717, 1.165) is 73.6 Å². The second-order valence-electron chi connectivity index (χ2n) is 18.8. The van der Waals surface area contributed by atoms with E-state index in [1.54, 1.807) is 5.57 Å². The van der Waals surface area contributed by atoms with Crippen LogP contribution in [-0.2, 0) is 0 Å². The maximum atomic E-state index is 5.49. The van der Waals surface area contributed by atoms with E-state index < -0.39 is 0 Å². The summed E-state index contributed by atoms with van der Waals surface area (Å²) in [7, 11) is 0. The van der Waals surface area contributed by atoms with E-state index in [0.29, 0.717) is 46.0 Å². The van der Waals surface area contributed by atoms with E-state index in [1.807, 2.05) is 0 Å². The number of anilines is 2. The number of para-hydroxylation sites is 2. The predicted molar refractivity (Wildman–Crippen MR) is 264 cm³/mol. The van der Waals surface area contributed by atoms with Crippen LogP contribution in [0.5, 0.6) is 0 Å². The number of rotatable bonds is 7. The summed E-state index contributed by atoms with van der Waals surface area (Å²) < 4.78 is 0. The second kappa shape index (κ2) is 16.4. The van der Waals surface area contributed by atoms with Gasteiger partial charge >= 0.3 is 0 Å². The highest BCUT2D eigenvalue weighted by molar-refractivity contribution is 8.01. The summed E-state index contributed by atoms with van der Waals surface area (Å²) in [6.45, 7) is 2.28. The number of allylic oxidation sites excluding steroid dienone is 17. The summed E-state index contributed by atoms with van der Waals surface area (Å²) in [5, 5.41) is 0.796. The molecule has 2 aliphatic heterocycles. The predicted octanol–water partition coefficient (Wildman–Crippen LogP) is 14.1. The molecular weight excluding hydrogens is 785 g/mol. The normalized spacial score (nSPS) is 29.9. The SMILES string of the molecule is CC1C=CC(c2nc(C3=CC=CCC3)nc(-c3cc(C4CCC=C(C5C=CC=CC5)C4)ccc3C3=CC=CC4SC5C=CC6C(c7ccccc7N6c6ccccc6)C5C34)n2)=CC1. The van der Waals surface area contributed by atoms with Crippen LogP contribution in [0.15, 0.2) is 176 Å². The van der Waals surface area contributed by atoms with Crippen molar-refractivity contribution in [1.82, 2.24) is 15.0 Å². The highest BCUT2D eigenvalue weighted by atomic mass is 32.2. The van der Waals surface area contributed by atoms with Crippen molar-refractivity contribution in [3.05, 3.63) is 204 Å². The second-order valence-corrected chi connectivity index (χ2v) is 20.1. The molecule has 0 amide bonds. The Morgan fingerprint density at radius 1 is 0.683 bits per heavy atom. The summed E-state index contributed by atoms with van der Waals surface area (Å²) in [5.41, 5.74) is 13.2. The molecule has 12 rings (SSSR count). The first-order chi connectivity index (χ1) is 31.1. The smallest absolute Gasteiger partial charge is 0.164 e. The van der Waals surface area contributed by atoms with Crippen LogP contribution in [0.3, 0.4) is 0 Å². The molecule has 9 atom stereocenters. The first-order valence-corrected chi connectivity index (χ1v) is 24.4. The first kappa shape index (κ1) is 38.9. The Labute approximate surface area is 377 Å². The van der Waals surface area contributed by atoms with Gasteiger partial charge in [-0.1, -0.05) is 158 Å². The zero-order chi connectivity index (χ0) is 41.9. The van der Waals surface area contributed by atoms with E-state index in [9.17, 15) is 0 Å². The van der Waals surface area contributed by atoms with Crippen LogP contribution >= 0.6 is 11.8 Å². The fraction of sp³-hybridized carbons (Fsp3) is 0.293. The van der Waals surface area contributed by atoms with E-state index in [4.69, 9.17) is 15.0 Å². The molecule has 0 radical (unpaired) electrons. The molecule has 1 aromatic heterocycles. The Kier molecular flexibility index (Phi) is 10.1. The molecule has 5 heteroatoms. The van der Waals surface area contributed by atoms with Gasteiger partial charge < -0.3 is 4.90 Å². The molecule has 0 saturated carbocycles. The van der Waals surface area contributed by atoms with Crippen LogP contribution < -0.4 is 4.90 Å². The van der Waals surface area contributed by atoms with Gasteiger partial charge in [0.15, 0.2) is 17.5 Å². The molecule has 312 valence electrons. The number of thioether (sulfide) groups is 1. The number of aromatic nitrogens is 3. The van der Waals surface area contributed by atoms with E-state index in [2.05, 4.69) is 194 Å². The maximum Gasteiger partial charge on any atom is 0.164 e. The lowest BCUT2D eigenvalue weighted by Gasteiger charge is -2.39. The quantitative estimate of drug-likeness (QED) is 0.173. The van der Waals surface area contributed by atoms with Crippen molar-refractivity contribution in [2.45, 2.75) is 80.2 Å². The van der Waals surface area contributed by atoms with Gasteiger partial charge in [-0.2, -0.15) is 0 Å². The summed E-state index contributed by atoms with van der Waals surface area (Å²) in [5.74, 6) is 4.92. The van der Waals surface area contributed by atoms with E-state index in [1.165, 1.54) is 39.2 Å². The molecule has 3 heterocycles. The van der Waals surface area contributed by atoms with Crippen LogP contribution in [-0.4, -0.2) is 31.5 Å². The van der Waals surface area contributed by atoms with Gasteiger partial charge in [-0.05, 0) is 115 Å². The molecule has 0 bridgehead atoms. The van der Waals surface area contributed by atoms with Crippen molar-refractivity contribution in [3.63, 3.8) is 0 Å². The Morgan fingerprint density at radius 2 is 1.57 bits per heavy atom. The molecule has 4 aromatic rings. The standard InChI is InChI=1S/C58H54N4S/c1-37-27-29-40(30-28-37)57-59-56(39-17-7-3-8-18-39)60-58(61-57)48-36-43(42-20-13-19-41(35-42)38-15-5-2-6-16-38)31-32-45(48)46-24-14-26-51-54(46)55-52(63-51)34-33-50-53(55)47-23-11-12-25-49(47)62(50)44-21-9-4-10-22-44/h2-7,9-12,14-15,17,19,21-27,29-34,36-38,42,50-55H,8,13,16,18,20,28,35H2,1H3. The van der Waals surface area contributed by atoms with Crippen molar-refractivity contribution in [1.29, 1.82) is 0 Å². The van der Waals surface area contributed by atoms with Crippen molar-refractivity contribution < 1.29 is 0 Å². The Morgan fingerprint density at radius 3 is 2.43 bits per heavy atom. The fourth-order valence-electron chi connectivity index (χ4n) is 11.9. The molecule has 63 heavy (non-hydrogen) atoms. The number of hydrogen-bond donors (Lipinski definition) is 0. The molecule has 0 spiro atoms. The minimum absolute atomic E-state index is 0.258. The highest BCUT2D eigenvalue weighted by Gasteiger charge is 2.55. The Hall–Kier alpha value is -5.78. The number of benzene rings is 3. The third-order valence-electron chi connectivity index (χ3n) is 15.0. The van der Waals surface area contributed by atoms with Crippen molar-refractivity contribution >= 4 is 39.9 Å². The molecule has 1 saturated heterocycles. The van der Waals surface area contributed by atoms with Gasteiger partial charge in [0.05, 0.1) is 6.04 Å². The average Bonchev–Trinajstić information content (AvgIpc) is 3.91. The Bertz CT molecular complexity index is 2780. The van der Waals surface area contributed by atoms with Gasteiger partial charge in [0.25, 0.3) is 0 Å². The highest BCUT2D eigenvalue weighted by Crippen LogP contribution is 2.63. The maximum absolute atomic E-state index is 5.49. The van der Waals surface area contributed by atoms with Crippen molar-refractivity contribution in [2.24, 2.45) is 23.7 Å². The number of hydrogen-bond acceptors (Lipinski definition) is 5. The molecule has 3 aromatic carbocycles. The third kappa shape index (κ3) is 7.04. The molecule has 4 nitrogen and oxygen atoms in total. The summed E-state index contributed by atoms with van der Waals surface area (Å²) in [4.78, 5) is 18.8. The van der Waals surface area contributed by atoms with Crippen LogP contribution in [0.2, 0.25) is 0 Å². The summed E-state index contributed by atoms with van der Waals surface area (Å²) in [6, 6.07) is 28.0. The first-order valence-electron chi connectivity index (χ1n) is 23.5. The number of nitrogens with zero attached hydrogens (tertiary/aromatic N) is 4. The van der Waals surface area contributed by atoms with Gasteiger partial charge in [0.2, 0.25) is 0 Å². The van der Waals surface area contributed by atoms with Gasteiger partial charge in [0, 0.05) is 50.8 Å². The van der Waals surface area contributed by atoms with E-state index >= 15 is 0 Å². The molecule has 6 aliphatic carbocycles. The lowest BCUT2D eigenvalue weighted by molar-refractivity contribution is 0.347. The van der Waals surface area contributed by atoms with Crippen LogP contribution in [0, 0.1) is 23.7 Å². The van der Waals surface area contributed by atoms with E-state index in [-0.39, 0.29) is 6.04 Å². The molecule has 9 unspecified atom stereocenters. The Balaban J connectivity index is 0.999. The minimum Gasteiger partial charge on any atom is -0.334 e. The fourth-order valence-corrected chi connectivity index (χ4v) is 13.7. The molecule has 1 fully saturated rings. The van der Waals surface area contributed by atoms with Crippen LogP contribution in [0.1, 0.15) is 92.0 Å². The summed E-state index contributed by atoms with van der Waals surface area (Å²) >= 11 is 2.16. The lowest BCUT2D eigenvalue weighted by atomic mass is 9.66. The topological polar surface area (TPSA) is 41.9 Å². The van der Waals surface area contributed by atoms with Gasteiger partial charge in [-0.3, -0.25) is 0 Å². The minimum atomic E-state index is 0.258. The van der Waals surface area contributed by atoms with Gasteiger partial charge in [0.1, 0.15) is 0 Å². The summed E-state index contributed by atoms with van der Waals surface area (Å²) in [6.07, 6.45) is 44.9. The lowest BCUT2D eigenvalue weighted by Crippen LogP contribution is -2.40. The average molecular weight is 839 g/mol. The van der Waals surface area contributed by atoms with Crippen molar-refractivity contribution in [2.75, 3.05) is 4.90 Å². The van der Waals surface area contributed by atoms with Crippen LogP contribution in [0.4, 0.5) is 11.4 Å². The molecule has 0 N–H and O–H groups in total.